The minimum atomic E-state index is -4.42. The zero-order valence-electron chi connectivity index (χ0n) is 12.3. The third kappa shape index (κ3) is 3.79. The second-order valence-corrected chi connectivity index (χ2v) is 6.40. The number of aryl methyl sites for hydroxylation is 2. The molecule has 1 aromatic rings. The number of rotatable bonds is 4. The van der Waals surface area contributed by atoms with Crippen LogP contribution in [-0.4, -0.2) is 42.0 Å². The first-order chi connectivity index (χ1) is 10.2. The number of halogens is 3. The molecule has 1 aliphatic heterocycles. The largest absolute Gasteiger partial charge is 0.406 e. The van der Waals surface area contributed by atoms with Crippen molar-refractivity contribution in [3.63, 3.8) is 0 Å². The predicted molar refractivity (Wildman–Crippen MR) is 76.9 cm³/mol. The maximum Gasteiger partial charge on any atom is 0.406 e. The molecule has 2 rings (SSSR count). The lowest BCUT2D eigenvalue weighted by Gasteiger charge is -2.18. The molecule has 1 aromatic heterocycles. The number of alkyl halides is 3. The van der Waals surface area contributed by atoms with E-state index in [9.17, 15) is 22.8 Å². The highest BCUT2D eigenvalue weighted by Gasteiger charge is 2.39. The first-order valence-corrected chi connectivity index (χ1v) is 7.78. The number of nitrogens with one attached hydrogen (secondary N) is 1. The van der Waals surface area contributed by atoms with Gasteiger partial charge in [-0.05, 0) is 31.4 Å². The molecule has 0 unspecified atom stereocenters. The maximum atomic E-state index is 12.3. The Morgan fingerprint density at radius 1 is 1.50 bits per heavy atom. The van der Waals surface area contributed by atoms with E-state index in [2.05, 4.69) is 5.32 Å². The minimum absolute atomic E-state index is 0.00691. The van der Waals surface area contributed by atoms with Gasteiger partial charge in [0.05, 0.1) is 4.88 Å². The second kappa shape index (κ2) is 6.28. The highest BCUT2D eigenvalue weighted by atomic mass is 32.1. The number of hydrogen-bond acceptors (Lipinski definition) is 3. The number of carbonyl (C=O) groups is 2. The van der Waals surface area contributed by atoms with E-state index in [1.807, 2.05) is 13.8 Å². The van der Waals surface area contributed by atoms with Crippen LogP contribution in [0.2, 0.25) is 0 Å². The lowest BCUT2D eigenvalue weighted by atomic mass is 10.2. The molecule has 0 bridgehead atoms. The Balaban J connectivity index is 1.99. The zero-order chi connectivity index (χ0) is 16.5. The van der Waals surface area contributed by atoms with Crippen LogP contribution in [0, 0.1) is 6.92 Å². The van der Waals surface area contributed by atoms with Gasteiger partial charge in [-0.25, -0.2) is 0 Å². The first-order valence-electron chi connectivity index (χ1n) is 6.97. The van der Waals surface area contributed by atoms with Gasteiger partial charge in [-0.15, -0.1) is 11.3 Å². The van der Waals surface area contributed by atoms with Crippen molar-refractivity contribution in [2.24, 2.45) is 0 Å². The van der Waals surface area contributed by atoms with Crippen molar-refractivity contribution < 1.29 is 22.8 Å². The van der Waals surface area contributed by atoms with E-state index in [-0.39, 0.29) is 13.0 Å². The summed E-state index contributed by atoms with van der Waals surface area (Å²) in [7, 11) is 0. The maximum absolute atomic E-state index is 12.3. The second-order valence-electron chi connectivity index (χ2n) is 5.26. The summed E-state index contributed by atoms with van der Waals surface area (Å²) in [5, 5.41) is 2.54. The molecular weight excluding hydrogens is 317 g/mol. The van der Waals surface area contributed by atoms with Crippen molar-refractivity contribution in [2.45, 2.75) is 38.9 Å². The number of carbonyl (C=O) groups excluding carboxylic acids is 2. The van der Waals surface area contributed by atoms with E-state index in [0.717, 1.165) is 21.8 Å². The molecule has 0 aliphatic carbocycles. The molecule has 122 valence electrons. The Hall–Kier alpha value is -1.57. The smallest absolute Gasteiger partial charge is 0.339 e. The van der Waals surface area contributed by atoms with Crippen LogP contribution >= 0.6 is 11.3 Å². The fraction of sp³-hybridized carbons (Fsp3) is 0.571. The van der Waals surface area contributed by atoms with Crippen LogP contribution in [0.5, 0.6) is 0 Å². The molecule has 2 amide bonds. The van der Waals surface area contributed by atoms with Gasteiger partial charge in [-0.2, -0.15) is 13.2 Å². The molecule has 1 saturated heterocycles. The SMILES string of the molecule is CCc1sc(C(=O)N[C@H]2CCN(CC(F)(F)F)C2=O)cc1C. The lowest BCUT2D eigenvalue weighted by molar-refractivity contribution is -0.157. The van der Waals surface area contributed by atoms with E-state index < -0.39 is 30.6 Å². The molecule has 4 nitrogen and oxygen atoms in total. The van der Waals surface area contributed by atoms with E-state index in [1.54, 1.807) is 6.07 Å². The number of nitrogens with zero attached hydrogens (tertiary/aromatic N) is 1. The fourth-order valence-corrected chi connectivity index (χ4v) is 3.48. The summed E-state index contributed by atoms with van der Waals surface area (Å²) >= 11 is 1.35. The van der Waals surface area contributed by atoms with E-state index >= 15 is 0 Å². The van der Waals surface area contributed by atoms with Gasteiger partial charge in [0.25, 0.3) is 5.91 Å². The van der Waals surface area contributed by atoms with E-state index in [4.69, 9.17) is 0 Å². The number of thiophene rings is 1. The average molecular weight is 334 g/mol. The van der Waals surface area contributed by atoms with Crippen LogP contribution in [0.1, 0.15) is 33.5 Å². The van der Waals surface area contributed by atoms with Crippen molar-refractivity contribution in [1.29, 1.82) is 0 Å². The van der Waals surface area contributed by atoms with Crippen LogP contribution in [0.25, 0.3) is 0 Å². The van der Waals surface area contributed by atoms with Crippen LogP contribution in [-0.2, 0) is 11.2 Å². The summed E-state index contributed by atoms with van der Waals surface area (Å²) in [6.45, 7) is 2.62. The molecule has 1 atom stereocenters. The quantitative estimate of drug-likeness (QED) is 0.920. The Kier molecular flexibility index (Phi) is 4.79. The molecule has 0 aromatic carbocycles. The molecule has 0 spiro atoms. The van der Waals surface area contributed by atoms with Crippen molar-refractivity contribution in [3.05, 3.63) is 21.4 Å². The Morgan fingerprint density at radius 2 is 2.18 bits per heavy atom. The normalized spacial score (nSPS) is 18.9. The summed E-state index contributed by atoms with van der Waals surface area (Å²) in [5.41, 5.74) is 1.01. The minimum Gasteiger partial charge on any atom is -0.339 e. The molecule has 1 aliphatic rings. The monoisotopic (exact) mass is 334 g/mol. The third-order valence-corrected chi connectivity index (χ3v) is 4.92. The summed E-state index contributed by atoms with van der Waals surface area (Å²) in [6.07, 6.45) is -3.41. The topological polar surface area (TPSA) is 49.4 Å². The third-order valence-electron chi connectivity index (χ3n) is 3.54. The van der Waals surface area contributed by atoms with E-state index in [0.29, 0.717) is 4.88 Å². The lowest BCUT2D eigenvalue weighted by Crippen LogP contribution is -2.43. The zero-order valence-corrected chi connectivity index (χ0v) is 13.1. The predicted octanol–water partition coefficient (Wildman–Crippen LogP) is 2.51. The van der Waals surface area contributed by atoms with Crippen LogP contribution in [0.15, 0.2) is 6.07 Å². The van der Waals surface area contributed by atoms with Gasteiger partial charge >= 0.3 is 6.18 Å². The molecular formula is C14H17F3N2O2S. The van der Waals surface area contributed by atoms with Crippen molar-refractivity contribution in [1.82, 2.24) is 10.2 Å². The molecule has 1 fully saturated rings. The standard InChI is InChI=1S/C14H17F3N2O2S/c1-3-10-8(2)6-11(22-10)12(20)18-9-4-5-19(13(9)21)7-14(15,16)17/h6,9H,3-5,7H2,1-2H3,(H,18,20)/t9-/m0/s1. The molecule has 1 N–H and O–H groups in total. The average Bonchev–Trinajstić information content (AvgIpc) is 2.94. The summed E-state index contributed by atoms with van der Waals surface area (Å²) < 4.78 is 37.0. The highest BCUT2D eigenvalue weighted by molar-refractivity contribution is 7.14. The number of likely N-dealkylation sites (tertiary alicyclic amines) is 1. The van der Waals surface area contributed by atoms with Crippen molar-refractivity contribution in [2.75, 3.05) is 13.1 Å². The summed E-state index contributed by atoms with van der Waals surface area (Å²) in [5.74, 6) is -1.07. The molecule has 0 saturated carbocycles. The van der Waals surface area contributed by atoms with Crippen LogP contribution in [0.3, 0.4) is 0 Å². The van der Waals surface area contributed by atoms with Gasteiger partial charge in [0.1, 0.15) is 12.6 Å². The molecule has 22 heavy (non-hydrogen) atoms. The van der Waals surface area contributed by atoms with Crippen molar-refractivity contribution >= 4 is 23.2 Å². The fourth-order valence-electron chi connectivity index (χ4n) is 2.46. The Bertz CT molecular complexity index is 583. The van der Waals surface area contributed by atoms with Gasteiger partial charge in [0, 0.05) is 11.4 Å². The molecule has 0 radical (unpaired) electrons. The van der Waals surface area contributed by atoms with Gasteiger partial charge < -0.3 is 10.2 Å². The van der Waals surface area contributed by atoms with Gasteiger partial charge in [0.15, 0.2) is 0 Å². The van der Waals surface area contributed by atoms with Gasteiger partial charge in [-0.1, -0.05) is 6.92 Å². The van der Waals surface area contributed by atoms with Crippen LogP contribution in [0.4, 0.5) is 13.2 Å². The highest BCUT2D eigenvalue weighted by Crippen LogP contribution is 2.24. The Morgan fingerprint density at radius 3 is 2.73 bits per heavy atom. The van der Waals surface area contributed by atoms with Crippen molar-refractivity contribution in [3.8, 4) is 0 Å². The van der Waals surface area contributed by atoms with Crippen LogP contribution < -0.4 is 5.32 Å². The first kappa shape index (κ1) is 16.8. The van der Waals surface area contributed by atoms with Gasteiger partial charge in [0.2, 0.25) is 5.91 Å². The summed E-state index contributed by atoms with van der Waals surface area (Å²) in [6, 6.07) is 0.869. The molecule has 2 heterocycles. The van der Waals surface area contributed by atoms with E-state index in [1.165, 1.54) is 11.3 Å². The molecule has 8 heteroatoms. The number of amides is 2. The summed E-state index contributed by atoms with van der Waals surface area (Å²) in [4.78, 5) is 26.3. The number of hydrogen-bond donors (Lipinski definition) is 1. The Labute approximate surface area is 130 Å². The van der Waals surface area contributed by atoms with Gasteiger partial charge in [-0.3, -0.25) is 9.59 Å².